The summed E-state index contributed by atoms with van der Waals surface area (Å²) in [7, 11) is 1.82. The number of hydrogen-bond acceptors (Lipinski definition) is 5. The Kier molecular flexibility index (Phi) is 4.64. The van der Waals surface area contributed by atoms with Crippen molar-refractivity contribution >= 4 is 5.91 Å². The largest absolute Gasteiger partial charge is 0.339 e. The van der Waals surface area contributed by atoms with Gasteiger partial charge in [0.05, 0.1) is 18.3 Å². The van der Waals surface area contributed by atoms with Crippen molar-refractivity contribution in [2.45, 2.75) is 25.9 Å². The zero-order valence-corrected chi connectivity index (χ0v) is 13.6. The van der Waals surface area contributed by atoms with Crippen molar-refractivity contribution in [1.82, 2.24) is 34.4 Å². The summed E-state index contributed by atoms with van der Waals surface area (Å²) in [4.78, 5) is 21.9. The predicted molar refractivity (Wildman–Crippen MR) is 87.2 cm³/mol. The van der Waals surface area contributed by atoms with Crippen LogP contribution in [0.5, 0.6) is 0 Å². The minimum absolute atomic E-state index is 0.0157. The van der Waals surface area contributed by atoms with Gasteiger partial charge in [-0.3, -0.25) is 9.48 Å². The van der Waals surface area contributed by atoms with Crippen LogP contribution in [-0.2, 0) is 11.3 Å². The Balaban J connectivity index is 1.62. The van der Waals surface area contributed by atoms with Gasteiger partial charge in [-0.25, -0.2) is 14.6 Å². The van der Waals surface area contributed by atoms with Crippen molar-refractivity contribution in [2.75, 3.05) is 7.05 Å². The van der Waals surface area contributed by atoms with Crippen molar-refractivity contribution in [3.63, 3.8) is 0 Å². The van der Waals surface area contributed by atoms with Crippen molar-refractivity contribution in [3.8, 4) is 5.69 Å². The predicted octanol–water partition coefficient (Wildman–Crippen LogP) is 1.47. The number of amides is 1. The third-order valence-electron chi connectivity index (χ3n) is 4.05. The normalized spacial score (nSPS) is 12.1. The lowest BCUT2D eigenvalue weighted by atomic mass is 10.1. The summed E-state index contributed by atoms with van der Waals surface area (Å²) in [6.45, 7) is 2.54. The molecule has 1 amide bonds. The molecule has 1 aromatic carbocycles. The van der Waals surface area contributed by atoms with E-state index in [-0.39, 0.29) is 11.9 Å². The molecule has 0 aliphatic heterocycles. The molecular formula is C16H19N7O. The Morgan fingerprint density at radius 2 is 1.83 bits per heavy atom. The lowest BCUT2D eigenvalue weighted by Crippen LogP contribution is -2.30. The highest BCUT2D eigenvalue weighted by Gasteiger charge is 2.17. The van der Waals surface area contributed by atoms with Gasteiger partial charge in [0.15, 0.2) is 0 Å². The van der Waals surface area contributed by atoms with Crippen LogP contribution in [0.1, 0.15) is 24.9 Å². The lowest BCUT2D eigenvalue weighted by molar-refractivity contribution is -0.132. The third-order valence-corrected chi connectivity index (χ3v) is 4.05. The fraction of sp³-hybridized carbons (Fsp3) is 0.312. The van der Waals surface area contributed by atoms with E-state index in [2.05, 4.69) is 20.2 Å². The zero-order valence-electron chi connectivity index (χ0n) is 13.6. The lowest BCUT2D eigenvalue weighted by Gasteiger charge is -2.25. The van der Waals surface area contributed by atoms with Crippen LogP contribution in [0.15, 0.2) is 49.6 Å². The van der Waals surface area contributed by atoms with Crippen LogP contribution in [0, 0.1) is 0 Å². The van der Waals surface area contributed by atoms with E-state index in [1.165, 1.54) is 12.7 Å². The number of benzene rings is 1. The quantitative estimate of drug-likeness (QED) is 0.685. The topological polar surface area (TPSA) is 81.7 Å². The standard InChI is InChI=1S/C16H19N7O/c1-13(21(2)16(24)7-8-22-11-17-9-19-22)14-3-5-15(6-4-14)23-12-18-10-20-23/h3-6,9-13H,7-8H2,1-2H3. The van der Waals surface area contributed by atoms with Crippen molar-refractivity contribution in [2.24, 2.45) is 0 Å². The highest BCUT2D eigenvalue weighted by molar-refractivity contribution is 5.76. The second kappa shape index (κ2) is 7.03. The molecule has 8 nitrogen and oxygen atoms in total. The van der Waals surface area contributed by atoms with Crippen LogP contribution < -0.4 is 0 Å². The molecule has 8 heteroatoms. The summed E-state index contributed by atoms with van der Waals surface area (Å²) in [6.07, 6.45) is 6.62. The average molecular weight is 325 g/mol. The molecule has 3 rings (SSSR count). The van der Waals surface area contributed by atoms with E-state index in [0.29, 0.717) is 13.0 Å². The SMILES string of the molecule is CC(c1ccc(-n2cncn2)cc1)N(C)C(=O)CCn1cncn1. The number of carbonyl (C=O) groups excluding carboxylic acids is 1. The minimum Gasteiger partial charge on any atom is -0.339 e. The molecule has 0 radical (unpaired) electrons. The first-order valence-electron chi connectivity index (χ1n) is 7.68. The molecule has 2 heterocycles. The van der Waals surface area contributed by atoms with Gasteiger partial charge < -0.3 is 4.90 Å². The first-order chi connectivity index (χ1) is 11.6. The van der Waals surface area contributed by atoms with Gasteiger partial charge in [-0.1, -0.05) is 12.1 Å². The highest BCUT2D eigenvalue weighted by Crippen LogP contribution is 2.21. The number of aromatic nitrogens is 6. The Hall–Kier alpha value is -3.03. The summed E-state index contributed by atoms with van der Waals surface area (Å²) < 4.78 is 3.35. The average Bonchev–Trinajstić information content (AvgIpc) is 3.32. The maximum Gasteiger partial charge on any atom is 0.224 e. The van der Waals surface area contributed by atoms with Gasteiger partial charge in [-0.05, 0) is 24.6 Å². The molecule has 0 spiro atoms. The Labute approximate surface area is 139 Å². The third kappa shape index (κ3) is 3.48. The number of aryl methyl sites for hydroxylation is 1. The maximum atomic E-state index is 12.3. The smallest absolute Gasteiger partial charge is 0.224 e. The molecule has 0 fully saturated rings. The monoisotopic (exact) mass is 325 g/mol. The Morgan fingerprint density at radius 3 is 2.46 bits per heavy atom. The van der Waals surface area contributed by atoms with Crippen LogP contribution in [0.2, 0.25) is 0 Å². The number of hydrogen-bond donors (Lipinski definition) is 0. The molecule has 124 valence electrons. The molecular weight excluding hydrogens is 306 g/mol. The van der Waals surface area contributed by atoms with Crippen molar-refractivity contribution in [3.05, 3.63) is 55.1 Å². The van der Waals surface area contributed by atoms with Gasteiger partial charge in [0, 0.05) is 13.5 Å². The molecule has 0 bridgehead atoms. The van der Waals surface area contributed by atoms with Gasteiger partial charge in [-0.2, -0.15) is 10.2 Å². The summed E-state index contributed by atoms with van der Waals surface area (Å²) in [5.74, 6) is 0.0679. The van der Waals surface area contributed by atoms with Crippen molar-refractivity contribution in [1.29, 1.82) is 0 Å². The van der Waals surface area contributed by atoms with E-state index in [0.717, 1.165) is 11.3 Å². The van der Waals surface area contributed by atoms with Crippen LogP contribution in [0.3, 0.4) is 0 Å². The van der Waals surface area contributed by atoms with E-state index in [4.69, 9.17) is 0 Å². The fourth-order valence-electron chi connectivity index (χ4n) is 2.42. The van der Waals surface area contributed by atoms with Crippen LogP contribution >= 0.6 is 0 Å². The van der Waals surface area contributed by atoms with E-state index in [1.807, 2.05) is 38.2 Å². The minimum atomic E-state index is -0.0157. The van der Waals surface area contributed by atoms with E-state index < -0.39 is 0 Å². The Bertz CT molecular complexity index is 765. The summed E-state index contributed by atoms with van der Waals surface area (Å²) in [5, 5.41) is 8.11. The zero-order chi connectivity index (χ0) is 16.9. The van der Waals surface area contributed by atoms with Gasteiger partial charge in [0.25, 0.3) is 0 Å². The second-order valence-electron chi connectivity index (χ2n) is 5.52. The first kappa shape index (κ1) is 15.9. The highest BCUT2D eigenvalue weighted by atomic mass is 16.2. The Morgan fingerprint density at radius 1 is 1.12 bits per heavy atom. The molecule has 0 N–H and O–H groups in total. The van der Waals surface area contributed by atoms with Gasteiger partial charge in [0.1, 0.15) is 25.3 Å². The number of nitrogens with zero attached hydrogens (tertiary/aromatic N) is 7. The van der Waals surface area contributed by atoms with Crippen molar-refractivity contribution < 1.29 is 4.79 Å². The molecule has 2 aromatic heterocycles. The fourth-order valence-corrected chi connectivity index (χ4v) is 2.42. The van der Waals surface area contributed by atoms with Crippen LogP contribution in [-0.4, -0.2) is 47.4 Å². The van der Waals surface area contributed by atoms with E-state index in [9.17, 15) is 4.79 Å². The van der Waals surface area contributed by atoms with Crippen LogP contribution in [0.25, 0.3) is 5.69 Å². The molecule has 3 aromatic rings. The molecule has 1 atom stereocenters. The van der Waals surface area contributed by atoms with Gasteiger partial charge >= 0.3 is 0 Å². The maximum absolute atomic E-state index is 12.3. The first-order valence-corrected chi connectivity index (χ1v) is 7.68. The van der Waals surface area contributed by atoms with E-state index >= 15 is 0 Å². The number of carbonyl (C=O) groups is 1. The molecule has 24 heavy (non-hydrogen) atoms. The molecule has 0 saturated heterocycles. The summed E-state index contributed by atoms with van der Waals surface area (Å²) >= 11 is 0. The summed E-state index contributed by atoms with van der Waals surface area (Å²) in [6, 6.07) is 7.92. The molecule has 0 saturated carbocycles. The van der Waals surface area contributed by atoms with Crippen LogP contribution in [0.4, 0.5) is 0 Å². The van der Waals surface area contributed by atoms with Gasteiger partial charge in [0.2, 0.25) is 5.91 Å². The van der Waals surface area contributed by atoms with Gasteiger partial charge in [-0.15, -0.1) is 0 Å². The number of rotatable bonds is 6. The second-order valence-corrected chi connectivity index (χ2v) is 5.52. The molecule has 0 aliphatic carbocycles. The summed E-state index contributed by atoms with van der Waals surface area (Å²) in [5.41, 5.74) is 2.00. The molecule has 1 unspecified atom stereocenters. The molecule has 0 aliphatic rings. The van der Waals surface area contributed by atoms with E-state index in [1.54, 1.807) is 26.9 Å².